The number of oxazole rings is 1. The van der Waals surface area contributed by atoms with Gasteiger partial charge in [-0.05, 0) is 30.2 Å². The number of nitrogens with zero attached hydrogens (tertiary/aromatic N) is 2. The molecule has 1 aliphatic heterocycles. The minimum atomic E-state index is -3.32. The van der Waals surface area contributed by atoms with Crippen molar-refractivity contribution in [1.29, 1.82) is 0 Å². The second-order valence-electron chi connectivity index (χ2n) is 6.49. The largest absolute Gasteiger partial charge is 0.452 e. The Kier molecular flexibility index (Phi) is 4.64. The Morgan fingerprint density at radius 3 is 2.75 bits per heavy atom. The highest BCUT2D eigenvalue weighted by Crippen LogP contribution is 2.31. The Bertz CT molecular complexity index is 1120. The van der Waals surface area contributed by atoms with Crippen molar-refractivity contribution in [2.45, 2.75) is 13.0 Å². The predicted octanol–water partition coefficient (Wildman–Crippen LogP) is 3.02. The number of hydrogen-bond donors (Lipinski definition) is 0. The molecule has 0 aliphatic carbocycles. The summed E-state index contributed by atoms with van der Waals surface area (Å²) in [4.78, 5) is 16.5. The normalized spacial score (nSPS) is 13.4. The molecule has 0 saturated carbocycles. The van der Waals surface area contributed by atoms with Crippen LogP contribution in [0.3, 0.4) is 0 Å². The number of ether oxygens (including phenoxy) is 1. The van der Waals surface area contributed by atoms with Gasteiger partial charge in [0.05, 0.1) is 23.7 Å². The highest BCUT2D eigenvalue weighted by Gasteiger charge is 2.27. The summed E-state index contributed by atoms with van der Waals surface area (Å²) in [6.07, 6.45) is 3.32. The Labute approximate surface area is 162 Å². The molecule has 0 spiro atoms. The first-order chi connectivity index (χ1) is 13.4. The molecule has 7 nitrogen and oxygen atoms in total. The van der Waals surface area contributed by atoms with Crippen molar-refractivity contribution in [1.82, 2.24) is 4.98 Å². The molecule has 3 aromatic rings. The van der Waals surface area contributed by atoms with Crippen LogP contribution in [-0.4, -0.2) is 32.2 Å². The average Bonchev–Trinajstić information content (AvgIpc) is 3.33. The quantitative estimate of drug-likeness (QED) is 0.614. The lowest BCUT2D eigenvalue weighted by molar-refractivity contribution is 0.0439. The van der Waals surface area contributed by atoms with Gasteiger partial charge >= 0.3 is 5.97 Å². The van der Waals surface area contributed by atoms with E-state index in [4.69, 9.17) is 9.15 Å². The van der Waals surface area contributed by atoms with Gasteiger partial charge in [0.1, 0.15) is 0 Å². The minimum absolute atomic E-state index is 0.0851. The van der Waals surface area contributed by atoms with Gasteiger partial charge < -0.3 is 9.15 Å². The van der Waals surface area contributed by atoms with Gasteiger partial charge in [-0.1, -0.05) is 30.3 Å². The van der Waals surface area contributed by atoms with Crippen LogP contribution in [0.5, 0.6) is 0 Å². The van der Waals surface area contributed by atoms with Crippen LogP contribution in [0, 0.1) is 0 Å². The van der Waals surface area contributed by atoms with Gasteiger partial charge in [0.2, 0.25) is 15.9 Å². The number of carbonyl (C=O) groups excluding carboxylic acids is 1. The van der Waals surface area contributed by atoms with E-state index in [9.17, 15) is 13.2 Å². The van der Waals surface area contributed by atoms with E-state index < -0.39 is 16.0 Å². The Morgan fingerprint density at radius 1 is 1.21 bits per heavy atom. The zero-order valence-corrected chi connectivity index (χ0v) is 16.0. The van der Waals surface area contributed by atoms with Crippen LogP contribution in [0.25, 0.3) is 11.3 Å². The van der Waals surface area contributed by atoms with Gasteiger partial charge in [-0.2, -0.15) is 0 Å². The predicted molar refractivity (Wildman–Crippen MR) is 103 cm³/mol. The second-order valence-corrected chi connectivity index (χ2v) is 8.40. The Balaban J connectivity index is 1.43. The number of hydrogen-bond acceptors (Lipinski definition) is 6. The first kappa shape index (κ1) is 18.2. The molecule has 0 atom stereocenters. The molecule has 28 heavy (non-hydrogen) atoms. The maximum atomic E-state index is 12.3. The minimum Gasteiger partial charge on any atom is -0.452 e. The van der Waals surface area contributed by atoms with Gasteiger partial charge in [-0.15, -0.1) is 0 Å². The van der Waals surface area contributed by atoms with Crippen molar-refractivity contribution in [3.63, 3.8) is 0 Å². The number of sulfonamides is 1. The summed E-state index contributed by atoms with van der Waals surface area (Å²) in [6, 6.07) is 14.4. The van der Waals surface area contributed by atoms with E-state index in [0.717, 1.165) is 11.1 Å². The van der Waals surface area contributed by atoms with E-state index in [2.05, 4.69) is 4.98 Å². The van der Waals surface area contributed by atoms with Crippen molar-refractivity contribution in [2.24, 2.45) is 0 Å². The van der Waals surface area contributed by atoms with E-state index in [1.54, 1.807) is 24.4 Å². The standard InChI is InChI=1S/C20H18N2O5S/c1-28(24,25)22-10-9-15-11-16(7-8-17(15)22)20(23)26-13-19-21-12-18(27-19)14-5-3-2-4-6-14/h2-8,11-12H,9-10,13H2,1H3. The summed E-state index contributed by atoms with van der Waals surface area (Å²) in [7, 11) is -3.32. The molecule has 0 bridgehead atoms. The smallest absolute Gasteiger partial charge is 0.338 e. The number of esters is 1. The highest BCUT2D eigenvalue weighted by atomic mass is 32.2. The van der Waals surface area contributed by atoms with E-state index in [0.29, 0.717) is 35.9 Å². The number of benzene rings is 2. The molecule has 8 heteroatoms. The molecular weight excluding hydrogens is 380 g/mol. The van der Waals surface area contributed by atoms with Crippen LogP contribution >= 0.6 is 0 Å². The summed E-state index contributed by atoms with van der Waals surface area (Å²) < 4.78 is 35.8. The molecule has 0 unspecified atom stereocenters. The van der Waals surface area contributed by atoms with Crippen molar-refractivity contribution >= 4 is 21.7 Å². The number of aromatic nitrogens is 1. The maximum Gasteiger partial charge on any atom is 0.338 e. The van der Waals surface area contributed by atoms with Crippen LogP contribution in [0.2, 0.25) is 0 Å². The van der Waals surface area contributed by atoms with Crippen molar-refractivity contribution in [2.75, 3.05) is 17.1 Å². The summed E-state index contributed by atoms with van der Waals surface area (Å²) in [5.41, 5.74) is 2.67. The fourth-order valence-corrected chi connectivity index (χ4v) is 4.12. The van der Waals surface area contributed by atoms with Crippen LogP contribution < -0.4 is 4.31 Å². The zero-order valence-electron chi connectivity index (χ0n) is 15.2. The fraction of sp³-hybridized carbons (Fsp3) is 0.200. The molecule has 144 valence electrons. The van der Waals surface area contributed by atoms with Gasteiger partial charge in [0.15, 0.2) is 12.4 Å². The van der Waals surface area contributed by atoms with Crippen LogP contribution in [-0.2, 0) is 27.8 Å². The molecule has 2 heterocycles. The summed E-state index contributed by atoms with van der Waals surface area (Å²) in [5.74, 6) is 0.390. The maximum absolute atomic E-state index is 12.3. The first-order valence-electron chi connectivity index (χ1n) is 8.70. The highest BCUT2D eigenvalue weighted by molar-refractivity contribution is 7.92. The number of carbonyl (C=O) groups is 1. The lowest BCUT2D eigenvalue weighted by Crippen LogP contribution is -2.27. The van der Waals surface area contributed by atoms with Crippen LogP contribution in [0.1, 0.15) is 21.8 Å². The molecule has 4 rings (SSSR count). The van der Waals surface area contributed by atoms with Crippen molar-refractivity contribution < 1.29 is 22.4 Å². The molecule has 2 aromatic carbocycles. The van der Waals surface area contributed by atoms with Crippen molar-refractivity contribution in [3.8, 4) is 11.3 Å². The van der Waals surface area contributed by atoms with Gasteiger partial charge in [-0.25, -0.2) is 18.2 Å². The SMILES string of the molecule is CS(=O)(=O)N1CCc2cc(C(=O)OCc3ncc(-c4ccccc4)o3)ccc21. The van der Waals surface area contributed by atoms with Gasteiger partial charge in [0, 0.05) is 12.1 Å². The monoisotopic (exact) mass is 398 g/mol. The number of fused-ring (bicyclic) bond motifs is 1. The van der Waals surface area contributed by atoms with Gasteiger partial charge in [0.25, 0.3) is 0 Å². The third kappa shape index (κ3) is 3.63. The molecule has 0 fully saturated rings. The lowest BCUT2D eigenvalue weighted by Gasteiger charge is -2.16. The number of anilines is 1. The van der Waals surface area contributed by atoms with E-state index in [1.807, 2.05) is 30.3 Å². The van der Waals surface area contributed by atoms with Crippen LogP contribution in [0.4, 0.5) is 5.69 Å². The molecule has 0 amide bonds. The zero-order chi connectivity index (χ0) is 19.7. The number of rotatable bonds is 5. The Morgan fingerprint density at radius 2 is 2.00 bits per heavy atom. The van der Waals surface area contributed by atoms with Crippen molar-refractivity contribution in [3.05, 3.63) is 71.7 Å². The summed E-state index contributed by atoms with van der Waals surface area (Å²) >= 11 is 0. The Hall–Kier alpha value is -3.13. The molecule has 0 radical (unpaired) electrons. The molecule has 1 aromatic heterocycles. The first-order valence-corrected chi connectivity index (χ1v) is 10.5. The van der Waals surface area contributed by atoms with E-state index in [1.165, 1.54) is 10.6 Å². The third-order valence-electron chi connectivity index (χ3n) is 4.51. The second kappa shape index (κ2) is 7.12. The van der Waals surface area contributed by atoms with Crippen LogP contribution in [0.15, 0.2) is 59.1 Å². The summed E-state index contributed by atoms with van der Waals surface area (Å²) in [6.45, 7) is 0.295. The molecule has 0 saturated heterocycles. The van der Waals surface area contributed by atoms with E-state index >= 15 is 0 Å². The molecule has 1 aliphatic rings. The molecular formula is C20H18N2O5S. The topological polar surface area (TPSA) is 89.7 Å². The van der Waals surface area contributed by atoms with Gasteiger partial charge in [-0.3, -0.25) is 4.31 Å². The summed E-state index contributed by atoms with van der Waals surface area (Å²) in [5, 5.41) is 0. The average molecular weight is 398 g/mol. The fourth-order valence-electron chi connectivity index (χ4n) is 3.17. The van der Waals surface area contributed by atoms with E-state index in [-0.39, 0.29) is 6.61 Å². The third-order valence-corrected chi connectivity index (χ3v) is 5.69. The molecule has 0 N–H and O–H groups in total. The lowest BCUT2D eigenvalue weighted by atomic mass is 10.1.